The summed E-state index contributed by atoms with van der Waals surface area (Å²) in [5.74, 6) is 0.744. The third-order valence-corrected chi connectivity index (χ3v) is 9.74. The first-order chi connectivity index (χ1) is 24.8. The fraction of sp³-hybridized carbons (Fsp3) is 0.0870. The van der Waals surface area contributed by atoms with Gasteiger partial charge in [-0.05, 0) is 70.6 Å². The Kier molecular flexibility index (Phi) is 7.11. The smallest absolute Gasteiger partial charge is 0.149 e. The molecule has 0 saturated heterocycles. The molecule has 9 aromatic rings. The van der Waals surface area contributed by atoms with Crippen molar-refractivity contribution in [1.82, 2.24) is 14.5 Å². The summed E-state index contributed by atoms with van der Waals surface area (Å²) in [7, 11) is 0. The van der Waals surface area contributed by atoms with Gasteiger partial charge in [0.1, 0.15) is 22.7 Å². The molecule has 0 aliphatic rings. The van der Waals surface area contributed by atoms with Crippen molar-refractivity contribution in [2.45, 2.75) is 26.2 Å². The van der Waals surface area contributed by atoms with E-state index < -0.39 is 0 Å². The molecule has 6 aromatic carbocycles. The van der Waals surface area contributed by atoms with Gasteiger partial charge < -0.3 is 9.52 Å². The van der Waals surface area contributed by atoms with E-state index in [4.69, 9.17) is 9.40 Å². The van der Waals surface area contributed by atoms with Crippen molar-refractivity contribution in [3.05, 3.63) is 157 Å². The van der Waals surface area contributed by atoms with E-state index in [1.54, 1.807) is 6.07 Å². The summed E-state index contributed by atoms with van der Waals surface area (Å²) in [5.41, 5.74) is 12.1. The molecule has 0 atom stereocenters. The number of pyridine rings is 1. The van der Waals surface area contributed by atoms with Crippen molar-refractivity contribution >= 4 is 33.0 Å². The SMILES string of the molecule is CC(C)(C)c1ccc(-n2c(-c3cc4c(cc3O)oc3ccccc34)nc3c(-c4cccc(-c5ccccn5)c4)cccc32)c(-c2ccccc2)c1. The number of furan rings is 1. The van der Waals surface area contributed by atoms with E-state index >= 15 is 0 Å². The van der Waals surface area contributed by atoms with E-state index in [1.807, 2.05) is 54.7 Å². The molecule has 0 aliphatic carbocycles. The Morgan fingerprint density at radius 2 is 1.35 bits per heavy atom. The number of aromatic nitrogens is 3. The molecule has 246 valence electrons. The lowest BCUT2D eigenvalue weighted by atomic mass is 9.85. The molecule has 1 N–H and O–H groups in total. The number of para-hydroxylation sites is 2. The lowest BCUT2D eigenvalue weighted by Crippen LogP contribution is -2.12. The van der Waals surface area contributed by atoms with Crippen molar-refractivity contribution < 1.29 is 9.52 Å². The number of imidazole rings is 1. The van der Waals surface area contributed by atoms with Crippen LogP contribution in [-0.2, 0) is 5.41 Å². The van der Waals surface area contributed by atoms with E-state index in [1.165, 1.54) is 5.56 Å². The van der Waals surface area contributed by atoms with Crippen LogP contribution in [0.1, 0.15) is 26.3 Å². The van der Waals surface area contributed by atoms with E-state index in [9.17, 15) is 5.11 Å². The van der Waals surface area contributed by atoms with E-state index in [2.05, 4.69) is 121 Å². The second-order valence-electron chi connectivity index (χ2n) is 14.1. The molecular formula is C46H35N3O2. The highest BCUT2D eigenvalue weighted by Gasteiger charge is 2.25. The van der Waals surface area contributed by atoms with Crippen LogP contribution in [0.15, 0.2) is 156 Å². The van der Waals surface area contributed by atoms with Gasteiger partial charge in [-0.3, -0.25) is 9.55 Å². The first-order valence-corrected chi connectivity index (χ1v) is 17.2. The normalized spacial score (nSPS) is 11.9. The number of fused-ring (bicyclic) bond motifs is 4. The van der Waals surface area contributed by atoms with Gasteiger partial charge >= 0.3 is 0 Å². The molecule has 0 fully saturated rings. The molecule has 0 aliphatic heterocycles. The maximum atomic E-state index is 11.7. The Bertz CT molecular complexity index is 2740. The predicted octanol–water partition coefficient (Wildman–Crippen LogP) is 12.0. The molecule has 3 aromatic heterocycles. The van der Waals surface area contributed by atoms with Gasteiger partial charge in [0.05, 0.1) is 28.0 Å². The van der Waals surface area contributed by atoms with Gasteiger partial charge in [-0.15, -0.1) is 0 Å². The number of aromatic hydroxyl groups is 1. The summed E-state index contributed by atoms with van der Waals surface area (Å²) in [5, 5.41) is 13.7. The van der Waals surface area contributed by atoms with Gasteiger partial charge in [0.15, 0.2) is 0 Å². The average Bonchev–Trinajstić information content (AvgIpc) is 3.72. The van der Waals surface area contributed by atoms with E-state index in [-0.39, 0.29) is 11.2 Å². The fourth-order valence-corrected chi connectivity index (χ4v) is 7.12. The van der Waals surface area contributed by atoms with Crippen LogP contribution in [0, 0.1) is 0 Å². The van der Waals surface area contributed by atoms with Crippen molar-refractivity contribution in [3.63, 3.8) is 0 Å². The van der Waals surface area contributed by atoms with Crippen LogP contribution in [0.4, 0.5) is 0 Å². The lowest BCUT2D eigenvalue weighted by molar-refractivity contribution is 0.476. The molecule has 3 heterocycles. The Morgan fingerprint density at radius 3 is 2.18 bits per heavy atom. The minimum atomic E-state index is -0.0562. The van der Waals surface area contributed by atoms with Gasteiger partial charge in [0.2, 0.25) is 0 Å². The van der Waals surface area contributed by atoms with E-state index in [0.29, 0.717) is 17.0 Å². The van der Waals surface area contributed by atoms with Gasteiger partial charge in [-0.1, -0.05) is 112 Å². The molecule has 51 heavy (non-hydrogen) atoms. The number of benzene rings is 6. The second kappa shape index (κ2) is 11.9. The van der Waals surface area contributed by atoms with Crippen LogP contribution in [0.3, 0.4) is 0 Å². The summed E-state index contributed by atoms with van der Waals surface area (Å²) in [6.45, 7) is 6.72. The monoisotopic (exact) mass is 661 g/mol. The third-order valence-electron chi connectivity index (χ3n) is 9.74. The van der Waals surface area contributed by atoms with Crippen molar-refractivity contribution in [2.24, 2.45) is 0 Å². The maximum Gasteiger partial charge on any atom is 0.149 e. The average molecular weight is 662 g/mol. The fourth-order valence-electron chi connectivity index (χ4n) is 7.12. The van der Waals surface area contributed by atoms with Crippen LogP contribution in [0.2, 0.25) is 0 Å². The summed E-state index contributed by atoms with van der Waals surface area (Å²) in [6, 6.07) is 49.6. The van der Waals surface area contributed by atoms with Crippen molar-refractivity contribution in [3.8, 4) is 56.3 Å². The zero-order valence-corrected chi connectivity index (χ0v) is 28.6. The van der Waals surface area contributed by atoms with E-state index in [0.717, 1.165) is 66.6 Å². The summed E-state index contributed by atoms with van der Waals surface area (Å²) in [6.07, 6.45) is 1.82. The molecule has 0 radical (unpaired) electrons. The van der Waals surface area contributed by atoms with Crippen LogP contribution >= 0.6 is 0 Å². The molecule has 0 spiro atoms. The highest BCUT2D eigenvalue weighted by molar-refractivity contribution is 6.07. The molecule has 5 heteroatoms. The lowest BCUT2D eigenvalue weighted by Gasteiger charge is -2.23. The largest absolute Gasteiger partial charge is 0.507 e. The summed E-state index contributed by atoms with van der Waals surface area (Å²) in [4.78, 5) is 10.0. The third kappa shape index (κ3) is 5.26. The highest BCUT2D eigenvalue weighted by atomic mass is 16.3. The Hall–Kier alpha value is -6.46. The Balaban J connectivity index is 1.36. The molecule has 9 rings (SSSR count). The van der Waals surface area contributed by atoms with Gasteiger partial charge in [0.25, 0.3) is 0 Å². The predicted molar refractivity (Wildman–Crippen MR) is 208 cm³/mol. The van der Waals surface area contributed by atoms with Gasteiger partial charge in [-0.25, -0.2) is 4.98 Å². The topological polar surface area (TPSA) is 64.1 Å². The first kappa shape index (κ1) is 30.6. The van der Waals surface area contributed by atoms with Crippen LogP contribution in [0.5, 0.6) is 5.75 Å². The minimum Gasteiger partial charge on any atom is -0.507 e. The first-order valence-electron chi connectivity index (χ1n) is 17.2. The number of phenols is 1. The summed E-state index contributed by atoms with van der Waals surface area (Å²) >= 11 is 0. The zero-order valence-electron chi connectivity index (χ0n) is 28.6. The molecule has 0 bridgehead atoms. The number of nitrogens with zero attached hydrogens (tertiary/aromatic N) is 3. The molecule has 0 amide bonds. The number of hydrogen-bond donors (Lipinski definition) is 1. The molecule has 0 unspecified atom stereocenters. The quantitative estimate of drug-likeness (QED) is 0.199. The van der Waals surface area contributed by atoms with Gasteiger partial charge in [0, 0.05) is 39.7 Å². The highest BCUT2D eigenvalue weighted by Crippen LogP contribution is 2.43. The van der Waals surface area contributed by atoms with Crippen LogP contribution in [0.25, 0.3) is 83.6 Å². The zero-order chi connectivity index (χ0) is 34.7. The number of phenolic OH excluding ortho intramolecular Hbond substituents is 1. The Labute approximate surface area is 296 Å². The standard InChI is InChI=1S/C46H35N3O2/c1-46(2,3)32-22-23-39(35(26-32)29-13-5-4-6-14-29)49-40-20-12-18-33(30-15-11-16-31(25-30)38-19-9-10-24-47-38)44(40)48-45(49)37-27-36-34-17-7-8-21-42(34)51-43(36)28-41(37)50/h4-28,50H,1-3H3. The minimum absolute atomic E-state index is 0.0562. The van der Waals surface area contributed by atoms with Crippen molar-refractivity contribution in [1.29, 1.82) is 0 Å². The number of rotatable bonds is 5. The number of hydrogen-bond acceptors (Lipinski definition) is 4. The van der Waals surface area contributed by atoms with Crippen LogP contribution < -0.4 is 0 Å². The molecular weight excluding hydrogens is 627 g/mol. The van der Waals surface area contributed by atoms with Crippen LogP contribution in [-0.4, -0.2) is 19.6 Å². The second-order valence-corrected chi connectivity index (χ2v) is 14.1. The van der Waals surface area contributed by atoms with Crippen molar-refractivity contribution in [2.75, 3.05) is 0 Å². The summed E-state index contributed by atoms with van der Waals surface area (Å²) < 4.78 is 8.36. The molecule has 5 nitrogen and oxygen atoms in total. The molecule has 0 saturated carbocycles. The maximum absolute atomic E-state index is 11.7. The Morgan fingerprint density at radius 1 is 0.588 bits per heavy atom. The van der Waals surface area contributed by atoms with Gasteiger partial charge in [-0.2, -0.15) is 0 Å².